The normalized spacial score (nSPS) is 24.6. The molecule has 6 rings (SSSR count). The number of anilines is 1. The van der Waals surface area contributed by atoms with E-state index >= 15 is 0 Å². The van der Waals surface area contributed by atoms with Crippen LogP contribution in [0.25, 0.3) is 0 Å². The molecule has 1 aliphatic carbocycles. The number of rotatable bonds is 3. The number of nitrogens with zero attached hydrogens (tertiary/aromatic N) is 3. The van der Waals surface area contributed by atoms with Crippen molar-refractivity contribution in [2.24, 2.45) is 0 Å². The summed E-state index contributed by atoms with van der Waals surface area (Å²) in [7, 11) is 0. The maximum absolute atomic E-state index is 6.47. The van der Waals surface area contributed by atoms with Crippen LogP contribution in [0.4, 0.5) is 5.69 Å². The van der Waals surface area contributed by atoms with Crippen molar-refractivity contribution in [2.45, 2.75) is 76.2 Å². The Bertz CT molecular complexity index is 922. The fourth-order valence-corrected chi connectivity index (χ4v) is 5.64. The first-order valence-electron chi connectivity index (χ1n) is 12.1. The van der Waals surface area contributed by atoms with Crippen LogP contribution in [0, 0.1) is 6.92 Å². The molecule has 2 aromatic rings. The molecule has 1 aromatic heterocycles. The van der Waals surface area contributed by atoms with Gasteiger partial charge in [-0.3, -0.25) is 4.90 Å². The Labute approximate surface area is 184 Å². The van der Waals surface area contributed by atoms with Crippen LogP contribution in [-0.4, -0.2) is 48.1 Å². The minimum absolute atomic E-state index is 0.414. The molecule has 3 fully saturated rings. The van der Waals surface area contributed by atoms with Crippen molar-refractivity contribution < 1.29 is 14.0 Å². The lowest BCUT2D eigenvalue weighted by Gasteiger charge is -2.47. The fraction of sp³-hybridized carbons (Fsp3) is 0.640. The van der Waals surface area contributed by atoms with Crippen LogP contribution >= 0.6 is 0 Å². The number of benzene rings is 1. The molecule has 0 radical (unpaired) electrons. The van der Waals surface area contributed by atoms with Gasteiger partial charge in [0.25, 0.3) is 0 Å². The van der Waals surface area contributed by atoms with Crippen LogP contribution in [0.3, 0.4) is 0 Å². The smallest absolute Gasteiger partial charge is 0.213 e. The minimum atomic E-state index is -0.414. The molecule has 31 heavy (non-hydrogen) atoms. The summed E-state index contributed by atoms with van der Waals surface area (Å²) in [5, 5.41) is 4.05. The van der Waals surface area contributed by atoms with Gasteiger partial charge in [-0.2, -0.15) is 0 Å². The summed E-state index contributed by atoms with van der Waals surface area (Å²) >= 11 is 0. The molecule has 0 amide bonds. The molecule has 1 spiro atoms. The van der Waals surface area contributed by atoms with Crippen molar-refractivity contribution in [3.8, 4) is 5.75 Å². The Balaban J connectivity index is 1.08. The van der Waals surface area contributed by atoms with E-state index < -0.39 is 5.79 Å². The van der Waals surface area contributed by atoms with Crippen LogP contribution in [0.1, 0.15) is 67.9 Å². The number of hydrogen-bond acceptors (Lipinski definition) is 6. The highest BCUT2D eigenvalue weighted by Crippen LogP contribution is 2.41. The van der Waals surface area contributed by atoms with E-state index in [4.69, 9.17) is 14.0 Å². The molecular formula is C25H33N3O3. The van der Waals surface area contributed by atoms with Crippen molar-refractivity contribution >= 4 is 5.69 Å². The molecule has 1 aromatic carbocycles. The zero-order valence-electron chi connectivity index (χ0n) is 18.5. The predicted octanol–water partition coefficient (Wildman–Crippen LogP) is 4.62. The summed E-state index contributed by atoms with van der Waals surface area (Å²) in [6, 6.07) is 9.55. The van der Waals surface area contributed by atoms with Gasteiger partial charge in [0.2, 0.25) is 5.79 Å². The molecule has 0 N–H and O–H groups in total. The molecule has 4 aliphatic rings. The van der Waals surface area contributed by atoms with Crippen LogP contribution < -0.4 is 9.64 Å². The third-order valence-electron chi connectivity index (χ3n) is 7.89. The topological polar surface area (TPSA) is 51.0 Å². The van der Waals surface area contributed by atoms with Gasteiger partial charge in [-0.25, -0.2) is 0 Å². The second kappa shape index (κ2) is 7.82. The number of hydrogen-bond donors (Lipinski definition) is 0. The maximum atomic E-state index is 6.47. The molecule has 166 valence electrons. The summed E-state index contributed by atoms with van der Waals surface area (Å²) in [6.07, 6.45) is 8.27. The molecule has 1 saturated carbocycles. The van der Waals surface area contributed by atoms with Crippen molar-refractivity contribution in [1.82, 2.24) is 10.1 Å². The van der Waals surface area contributed by atoms with Gasteiger partial charge in [-0.15, -0.1) is 0 Å². The third kappa shape index (κ3) is 3.74. The Morgan fingerprint density at radius 3 is 2.48 bits per heavy atom. The molecule has 6 nitrogen and oxygen atoms in total. The van der Waals surface area contributed by atoms with Gasteiger partial charge in [0.05, 0.1) is 12.3 Å². The second-order valence-corrected chi connectivity index (χ2v) is 9.85. The highest BCUT2D eigenvalue weighted by molar-refractivity contribution is 5.54. The van der Waals surface area contributed by atoms with E-state index in [0.717, 1.165) is 75.1 Å². The monoisotopic (exact) mass is 423 g/mol. The van der Waals surface area contributed by atoms with Crippen molar-refractivity contribution in [3.63, 3.8) is 0 Å². The highest BCUT2D eigenvalue weighted by Gasteiger charge is 2.42. The Morgan fingerprint density at radius 2 is 1.81 bits per heavy atom. The zero-order valence-corrected chi connectivity index (χ0v) is 18.5. The van der Waals surface area contributed by atoms with E-state index in [1.54, 1.807) is 0 Å². The predicted molar refractivity (Wildman–Crippen MR) is 118 cm³/mol. The van der Waals surface area contributed by atoms with Gasteiger partial charge >= 0.3 is 0 Å². The molecule has 4 heterocycles. The highest BCUT2D eigenvalue weighted by atomic mass is 16.7. The van der Waals surface area contributed by atoms with Gasteiger partial charge in [-0.1, -0.05) is 11.6 Å². The average Bonchev–Trinajstić information content (AvgIpc) is 3.20. The number of aryl methyl sites for hydroxylation is 1. The maximum Gasteiger partial charge on any atom is 0.213 e. The Hall–Kier alpha value is -2.05. The van der Waals surface area contributed by atoms with E-state index in [0.29, 0.717) is 12.5 Å². The largest absolute Gasteiger partial charge is 0.462 e. The SMILES string of the molecule is Cc1cc(C2CCN(c3ccc4c(c3)COC3(CCN(C5CCC5)CC3)O4)CC2)on1. The van der Waals surface area contributed by atoms with E-state index in [-0.39, 0.29) is 0 Å². The van der Waals surface area contributed by atoms with Crippen molar-refractivity contribution in [3.05, 3.63) is 41.3 Å². The van der Waals surface area contributed by atoms with E-state index in [2.05, 4.69) is 39.2 Å². The first-order chi connectivity index (χ1) is 15.2. The summed E-state index contributed by atoms with van der Waals surface area (Å²) in [4.78, 5) is 5.12. The van der Waals surface area contributed by atoms with Gasteiger partial charge in [0.15, 0.2) is 0 Å². The number of likely N-dealkylation sites (tertiary alicyclic amines) is 1. The second-order valence-electron chi connectivity index (χ2n) is 9.85. The van der Waals surface area contributed by atoms with Gasteiger partial charge < -0.3 is 18.9 Å². The number of ether oxygens (including phenoxy) is 2. The molecule has 6 heteroatoms. The summed E-state index contributed by atoms with van der Waals surface area (Å²) < 4.78 is 18.3. The quantitative estimate of drug-likeness (QED) is 0.718. The molecule has 2 saturated heterocycles. The van der Waals surface area contributed by atoms with E-state index in [9.17, 15) is 0 Å². The number of piperidine rings is 2. The fourth-order valence-electron chi connectivity index (χ4n) is 5.64. The van der Waals surface area contributed by atoms with Crippen LogP contribution in [-0.2, 0) is 11.3 Å². The molecule has 0 bridgehead atoms. The van der Waals surface area contributed by atoms with Crippen LogP contribution in [0.5, 0.6) is 5.75 Å². The van der Waals surface area contributed by atoms with Crippen molar-refractivity contribution in [1.29, 1.82) is 0 Å². The minimum Gasteiger partial charge on any atom is -0.462 e. The molecule has 0 unspecified atom stereocenters. The van der Waals surface area contributed by atoms with E-state index in [1.165, 1.54) is 30.5 Å². The average molecular weight is 424 g/mol. The number of fused-ring (bicyclic) bond motifs is 1. The van der Waals surface area contributed by atoms with Crippen LogP contribution in [0.2, 0.25) is 0 Å². The zero-order chi connectivity index (χ0) is 20.8. The lowest BCUT2D eigenvalue weighted by molar-refractivity contribution is -0.231. The summed E-state index contributed by atoms with van der Waals surface area (Å²) in [5.41, 5.74) is 3.42. The third-order valence-corrected chi connectivity index (χ3v) is 7.89. The molecule has 0 atom stereocenters. The standard InChI is InChI=1S/C25H33N3O3/c1-18-15-24(31-26-18)19-7-11-27(12-8-19)22-5-6-23-20(16-22)17-29-25(30-23)9-13-28(14-10-25)21-3-2-4-21/h5-6,15-16,19,21H,2-4,7-14,17H2,1H3. The first-order valence-corrected chi connectivity index (χ1v) is 12.1. The van der Waals surface area contributed by atoms with Crippen LogP contribution in [0.15, 0.2) is 28.8 Å². The van der Waals surface area contributed by atoms with Gasteiger partial charge in [0.1, 0.15) is 11.5 Å². The Kier molecular flexibility index (Phi) is 4.95. The van der Waals surface area contributed by atoms with E-state index in [1.807, 2.05) is 6.92 Å². The number of aromatic nitrogens is 1. The summed E-state index contributed by atoms with van der Waals surface area (Å²) in [6.45, 7) is 6.90. The molecular weight excluding hydrogens is 390 g/mol. The molecule has 3 aliphatic heterocycles. The van der Waals surface area contributed by atoms with Crippen molar-refractivity contribution in [2.75, 3.05) is 31.1 Å². The lowest BCUT2D eigenvalue weighted by atomic mass is 9.89. The van der Waals surface area contributed by atoms with Gasteiger partial charge in [-0.05, 0) is 50.8 Å². The lowest BCUT2D eigenvalue weighted by Crippen LogP contribution is -2.54. The van der Waals surface area contributed by atoms with Gasteiger partial charge in [0, 0.05) is 68.3 Å². The summed E-state index contributed by atoms with van der Waals surface area (Å²) in [5.74, 6) is 2.12. The Morgan fingerprint density at radius 1 is 1.00 bits per heavy atom. The first kappa shape index (κ1) is 19.6.